The van der Waals surface area contributed by atoms with Crippen molar-refractivity contribution in [2.24, 2.45) is 0 Å². The molecule has 0 aliphatic heterocycles. The van der Waals surface area contributed by atoms with E-state index in [2.05, 4.69) is 25.9 Å². The third-order valence-corrected chi connectivity index (χ3v) is 2.81. The predicted molar refractivity (Wildman–Crippen MR) is 49.2 cm³/mol. The number of aryl methyl sites for hydroxylation is 1. The molecule has 1 aromatic rings. The fourth-order valence-corrected chi connectivity index (χ4v) is 1.26. The highest BCUT2D eigenvalue weighted by atomic mass is 16.5. The highest BCUT2D eigenvalue weighted by Gasteiger charge is 2.25. The molecule has 0 fully saturated rings. The maximum Gasteiger partial charge on any atom is 0.133 e. The van der Waals surface area contributed by atoms with Crippen molar-refractivity contribution in [3.05, 3.63) is 17.5 Å². The molecule has 0 amide bonds. The van der Waals surface area contributed by atoms with Gasteiger partial charge in [0.2, 0.25) is 0 Å². The maximum atomic E-state index is 5.06. The van der Waals surface area contributed by atoms with E-state index in [1.165, 1.54) is 0 Å². The predicted octanol–water partition coefficient (Wildman–Crippen LogP) is 3.06. The van der Waals surface area contributed by atoms with Crippen LogP contribution in [0.1, 0.15) is 45.1 Å². The van der Waals surface area contributed by atoms with E-state index in [0.717, 1.165) is 24.3 Å². The van der Waals surface area contributed by atoms with Crippen molar-refractivity contribution >= 4 is 0 Å². The van der Waals surface area contributed by atoms with Gasteiger partial charge in [-0.15, -0.1) is 0 Å². The molecule has 12 heavy (non-hydrogen) atoms. The smallest absolute Gasteiger partial charge is 0.133 e. The summed E-state index contributed by atoms with van der Waals surface area (Å²) < 4.78 is 5.06. The summed E-state index contributed by atoms with van der Waals surface area (Å²) in [6, 6.07) is 2.03. The van der Waals surface area contributed by atoms with Crippen molar-refractivity contribution in [2.75, 3.05) is 0 Å². The number of hydrogen-bond donors (Lipinski definition) is 0. The monoisotopic (exact) mass is 167 g/mol. The second-order valence-electron chi connectivity index (χ2n) is 3.59. The first-order valence-electron chi connectivity index (χ1n) is 4.56. The SMILES string of the molecule is CCC(C)(CC)c1cc(C)on1. The van der Waals surface area contributed by atoms with Crippen LogP contribution in [-0.2, 0) is 5.41 Å². The van der Waals surface area contributed by atoms with Gasteiger partial charge in [-0.3, -0.25) is 0 Å². The van der Waals surface area contributed by atoms with Gasteiger partial charge in [0.1, 0.15) is 5.76 Å². The second-order valence-corrected chi connectivity index (χ2v) is 3.59. The Hall–Kier alpha value is -0.790. The van der Waals surface area contributed by atoms with Crippen molar-refractivity contribution in [1.29, 1.82) is 0 Å². The van der Waals surface area contributed by atoms with Crippen LogP contribution in [-0.4, -0.2) is 5.16 Å². The molecule has 0 unspecified atom stereocenters. The van der Waals surface area contributed by atoms with Crippen LogP contribution in [0, 0.1) is 6.92 Å². The number of aromatic nitrogens is 1. The minimum absolute atomic E-state index is 0.192. The third-order valence-electron chi connectivity index (χ3n) is 2.81. The van der Waals surface area contributed by atoms with Gasteiger partial charge in [0, 0.05) is 11.5 Å². The van der Waals surface area contributed by atoms with Crippen LogP contribution in [0.3, 0.4) is 0 Å². The number of nitrogens with zero attached hydrogens (tertiary/aromatic N) is 1. The van der Waals surface area contributed by atoms with Gasteiger partial charge < -0.3 is 4.52 Å². The van der Waals surface area contributed by atoms with Gasteiger partial charge in [0.15, 0.2) is 0 Å². The lowest BCUT2D eigenvalue weighted by atomic mass is 9.81. The summed E-state index contributed by atoms with van der Waals surface area (Å²) >= 11 is 0. The van der Waals surface area contributed by atoms with E-state index in [0.29, 0.717) is 0 Å². The van der Waals surface area contributed by atoms with E-state index < -0.39 is 0 Å². The van der Waals surface area contributed by atoms with Crippen LogP contribution in [0.2, 0.25) is 0 Å². The Morgan fingerprint density at radius 1 is 1.42 bits per heavy atom. The van der Waals surface area contributed by atoms with Gasteiger partial charge in [0.25, 0.3) is 0 Å². The molecule has 0 saturated carbocycles. The van der Waals surface area contributed by atoms with Crippen molar-refractivity contribution in [1.82, 2.24) is 5.16 Å². The quantitative estimate of drug-likeness (QED) is 0.691. The Balaban J connectivity index is 2.94. The topological polar surface area (TPSA) is 26.0 Å². The van der Waals surface area contributed by atoms with Crippen LogP contribution in [0.5, 0.6) is 0 Å². The summed E-state index contributed by atoms with van der Waals surface area (Å²) in [7, 11) is 0. The molecule has 68 valence electrons. The van der Waals surface area contributed by atoms with Crippen molar-refractivity contribution in [3.63, 3.8) is 0 Å². The van der Waals surface area contributed by atoms with Crippen LogP contribution in [0.15, 0.2) is 10.6 Å². The molecule has 0 bridgehead atoms. The zero-order valence-corrected chi connectivity index (χ0v) is 8.35. The van der Waals surface area contributed by atoms with Gasteiger partial charge in [-0.1, -0.05) is 25.9 Å². The van der Waals surface area contributed by atoms with Crippen LogP contribution in [0.4, 0.5) is 0 Å². The first-order chi connectivity index (χ1) is 5.62. The summed E-state index contributed by atoms with van der Waals surface area (Å²) in [5, 5.41) is 4.05. The zero-order valence-electron chi connectivity index (χ0n) is 8.35. The fraction of sp³-hybridized carbons (Fsp3) is 0.700. The molecule has 0 aromatic carbocycles. The highest BCUT2D eigenvalue weighted by molar-refractivity contribution is 5.15. The lowest BCUT2D eigenvalue weighted by Gasteiger charge is -2.22. The van der Waals surface area contributed by atoms with Gasteiger partial charge in [-0.25, -0.2) is 0 Å². The van der Waals surface area contributed by atoms with Gasteiger partial charge >= 0.3 is 0 Å². The van der Waals surface area contributed by atoms with Crippen molar-refractivity contribution in [2.45, 2.75) is 46.0 Å². The Kier molecular flexibility index (Phi) is 2.55. The molecular formula is C10H17NO. The normalized spacial score (nSPS) is 12.0. The standard InChI is InChI=1S/C10H17NO/c1-5-10(4,6-2)9-7-8(3)12-11-9/h7H,5-6H2,1-4H3. The van der Waals surface area contributed by atoms with E-state index in [1.807, 2.05) is 13.0 Å². The Morgan fingerprint density at radius 2 is 2.00 bits per heavy atom. The third kappa shape index (κ3) is 1.52. The Labute approximate surface area is 74.0 Å². The first-order valence-corrected chi connectivity index (χ1v) is 4.56. The fourth-order valence-electron chi connectivity index (χ4n) is 1.26. The van der Waals surface area contributed by atoms with Gasteiger partial charge in [0.05, 0.1) is 5.69 Å². The number of rotatable bonds is 3. The molecule has 2 heteroatoms. The molecule has 0 N–H and O–H groups in total. The molecule has 0 atom stereocenters. The van der Waals surface area contributed by atoms with E-state index in [4.69, 9.17) is 4.52 Å². The van der Waals surface area contributed by atoms with Crippen molar-refractivity contribution < 1.29 is 4.52 Å². The Morgan fingerprint density at radius 3 is 2.33 bits per heavy atom. The first kappa shape index (κ1) is 9.30. The minimum atomic E-state index is 0.192. The minimum Gasteiger partial charge on any atom is -0.361 e. The average Bonchev–Trinajstić information content (AvgIpc) is 2.51. The van der Waals surface area contributed by atoms with Gasteiger partial charge in [-0.2, -0.15) is 0 Å². The molecule has 0 radical (unpaired) electrons. The second kappa shape index (κ2) is 3.30. The van der Waals surface area contributed by atoms with E-state index in [1.54, 1.807) is 0 Å². The summed E-state index contributed by atoms with van der Waals surface area (Å²) in [6.45, 7) is 8.54. The van der Waals surface area contributed by atoms with E-state index in [-0.39, 0.29) is 5.41 Å². The molecule has 1 aromatic heterocycles. The van der Waals surface area contributed by atoms with Gasteiger partial charge in [-0.05, 0) is 19.8 Å². The van der Waals surface area contributed by atoms with E-state index in [9.17, 15) is 0 Å². The molecule has 1 heterocycles. The molecular weight excluding hydrogens is 150 g/mol. The maximum absolute atomic E-state index is 5.06. The summed E-state index contributed by atoms with van der Waals surface area (Å²) in [6.07, 6.45) is 2.21. The van der Waals surface area contributed by atoms with Crippen molar-refractivity contribution in [3.8, 4) is 0 Å². The molecule has 0 spiro atoms. The van der Waals surface area contributed by atoms with Crippen LogP contribution < -0.4 is 0 Å². The highest BCUT2D eigenvalue weighted by Crippen LogP contribution is 2.29. The zero-order chi connectivity index (χ0) is 9.19. The number of hydrogen-bond acceptors (Lipinski definition) is 2. The summed E-state index contributed by atoms with van der Waals surface area (Å²) in [4.78, 5) is 0. The summed E-state index contributed by atoms with van der Waals surface area (Å²) in [5.41, 5.74) is 1.28. The van der Waals surface area contributed by atoms with Crippen LogP contribution in [0.25, 0.3) is 0 Å². The summed E-state index contributed by atoms with van der Waals surface area (Å²) in [5.74, 6) is 0.901. The lowest BCUT2D eigenvalue weighted by molar-refractivity contribution is 0.351. The molecule has 0 aliphatic rings. The Bertz CT molecular complexity index is 248. The molecule has 0 saturated heterocycles. The van der Waals surface area contributed by atoms with E-state index >= 15 is 0 Å². The molecule has 0 aliphatic carbocycles. The van der Waals surface area contributed by atoms with Crippen LogP contribution >= 0.6 is 0 Å². The largest absolute Gasteiger partial charge is 0.361 e. The lowest BCUT2D eigenvalue weighted by Crippen LogP contribution is -2.19. The average molecular weight is 167 g/mol. The molecule has 1 rings (SSSR count). The molecule has 2 nitrogen and oxygen atoms in total.